The van der Waals surface area contributed by atoms with E-state index in [0.29, 0.717) is 24.0 Å². The first kappa shape index (κ1) is 16.7. The Bertz CT molecular complexity index is 1070. The highest BCUT2D eigenvalue weighted by molar-refractivity contribution is 5.89. The number of hydrogen-bond donors (Lipinski definition) is 2. The summed E-state index contributed by atoms with van der Waals surface area (Å²) in [7, 11) is 0. The largest absolute Gasteiger partial charge is 0.438 e. The standard InChI is InChI=1S/C19H20N8O/c1-2-9-19(10-5-6-11-27(19)17-23-25-26-24-17)28-18-21-15-12-13-7-3-4-8-14(13)20-16(15)22-18/h2-4,7-8,12H,1,5-6,9-11H2,(H,20,21,22)(H,23,24,25,26). The summed E-state index contributed by atoms with van der Waals surface area (Å²) in [6.07, 6.45) is 5.33. The molecule has 9 nitrogen and oxygen atoms in total. The summed E-state index contributed by atoms with van der Waals surface area (Å²) in [5.74, 6) is 0.515. The summed E-state index contributed by atoms with van der Waals surface area (Å²) >= 11 is 0. The van der Waals surface area contributed by atoms with Gasteiger partial charge in [-0.15, -0.1) is 11.7 Å². The lowest BCUT2D eigenvalue weighted by atomic mass is 9.95. The molecule has 0 bridgehead atoms. The number of nitrogens with one attached hydrogen (secondary N) is 2. The zero-order valence-corrected chi connectivity index (χ0v) is 15.3. The van der Waals surface area contributed by atoms with Crippen LogP contribution >= 0.6 is 0 Å². The second-order valence-corrected chi connectivity index (χ2v) is 6.96. The molecule has 3 aromatic heterocycles. The molecular weight excluding hydrogens is 356 g/mol. The molecule has 4 aromatic rings. The number of H-pyrrole nitrogens is 2. The third kappa shape index (κ3) is 2.75. The van der Waals surface area contributed by atoms with Gasteiger partial charge in [0, 0.05) is 24.8 Å². The lowest BCUT2D eigenvalue weighted by Crippen LogP contribution is -2.56. The first-order valence-corrected chi connectivity index (χ1v) is 9.34. The molecule has 1 aromatic carbocycles. The monoisotopic (exact) mass is 376 g/mol. The van der Waals surface area contributed by atoms with Gasteiger partial charge in [0.05, 0.1) is 11.0 Å². The van der Waals surface area contributed by atoms with Crippen molar-refractivity contribution in [3.8, 4) is 6.01 Å². The van der Waals surface area contributed by atoms with Crippen molar-refractivity contribution in [3.05, 3.63) is 43.0 Å². The smallest absolute Gasteiger partial charge is 0.298 e. The number of hydrogen-bond acceptors (Lipinski definition) is 7. The molecule has 5 rings (SSSR count). The number of rotatable bonds is 5. The highest BCUT2D eigenvalue weighted by atomic mass is 16.5. The number of fused-ring (bicyclic) bond motifs is 2. The quantitative estimate of drug-likeness (QED) is 0.515. The van der Waals surface area contributed by atoms with Crippen LogP contribution in [0.25, 0.3) is 22.1 Å². The molecule has 1 aliphatic rings. The van der Waals surface area contributed by atoms with Crippen LogP contribution in [-0.2, 0) is 0 Å². The van der Waals surface area contributed by atoms with Gasteiger partial charge in [-0.1, -0.05) is 29.4 Å². The molecule has 9 heteroatoms. The van der Waals surface area contributed by atoms with Gasteiger partial charge in [-0.25, -0.2) is 4.98 Å². The number of benzene rings is 1. The number of aromatic amines is 2. The van der Waals surface area contributed by atoms with Crippen LogP contribution in [0, 0.1) is 0 Å². The SMILES string of the molecule is C=CCC1(Oc2nc3nc4ccccc4cc3[nH]2)CCCCN1c1nn[nH]n1. The fraction of sp³-hybridized carbons (Fsp3) is 0.316. The minimum absolute atomic E-state index is 0.426. The van der Waals surface area contributed by atoms with Crippen LogP contribution in [0.2, 0.25) is 0 Å². The number of nitrogens with zero attached hydrogens (tertiary/aromatic N) is 6. The zero-order chi connectivity index (χ0) is 19.0. The first-order valence-electron chi connectivity index (χ1n) is 9.34. The molecule has 2 N–H and O–H groups in total. The molecular formula is C19H20N8O. The van der Waals surface area contributed by atoms with Crippen molar-refractivity contribution < 1.29 is 4.74 Å². The average Bonchev–Trinajstić information content (AvgIpc) is 3.36. The van der Waals surface area contributed by atoms with Gasteiger partial charge in [0.15, 0.2) is 11.4 Å². The summed E-state index contributed by atoms with van der Waals surface area (Å²) in [6, 6.07) is 10.4. The van der Waals surface area contributed by atoms with Crippen molar-refractivity contribution in [2.45, 2.75) is 31.4 Å². The molecule has 0 saturated carbocycles. The summed E-state index contributed by atoms with van der Waals surface area (Å²) in [4.78, 5) is 14.5. The Labute approximate surface area is 160 Å². The Kier molecular flexibility index (Phi) is 3.92. The first-order chi connectivity index (χ1) is 13.8. The van der Waals surface area contributed by atoms with E-state index in [1.807, 2.05) is 41.3 Å². The highest BCUT2D eigenvalue weighted by Crippen LogP contribution is 2.36. The van der Waals surface area contributed by atoms with E-state index in [2.05, 4.69) is 42.2 Å². The summed E-state index contributed by atoms with van der Waals surface area (Å²) < 4.78 is 6.46. The number of para-hydroxylation sites is 1. The lowest BCUT2D eigenvalue weighted by Gasteiger charge is -2.44. The van der Waals surface area contributed by atoms with Crippen LogP contribution in [0.3, 0.4) is 0 Å². The minimum atomic E-state index is -0.669. The normalized spacial score (nSPS) is 19.9. The predicted molar refractivity (Wildman–Crippen MR) is 105 cm³/mol. The van der Waals surface area contributed by atoms with Gasteiger partial charge in [0.1, 0.15) is 0 Å². The van der Waals surface area contributed by atoms with E-state index >= 15 is 0 Å². The maximum absolute atomic E-state index is 6.46. The molecule has 0 radical (unpaired) electrons. The van der Waals surface area contributed by atoms with Gasteiger partial charge in [-0.3, -0.25) is 4.90 Å². The van der Waals surface area contributed by atoms with Gasteiger partial charge in [0.25, 0.3) is 12.0 Å². The molecule has 1 fully saturated rings. The molecule has 4 heterocycles. The molecule has 0 spiro atoms. The van der Waals surface area contributed by atoms with E-state index in [1.54, 1.807) is 0 Å². The summed E-state index contributed by atoms with van der Waals surface area (Å²) in [6.45, 7) is 4.70. The van der Waals surface area contributed by atoms with E-state index in [1.165, 1.54) is 0 Å². The molecule has 1 aliphatic heterocycles. The number of tetrazole rings is 1. The van der Waals surface area contributed by atoms with Crippen LogP contribution in [0.1, 0.15) is 25.7 Å². The summed E-state index contributed by atoms with van der Waals surface area (Å²) in [5.41, 5.74) is 1.70. The van der Waals surface area contributed by atoms with Crippen LogP contribution in [0.15, 0.2) is 43.0 Å². The molecule has 1 saturated heterocycles. The maximum Gasteiger partial charge on any atom is 0.298 e. The summed E-state index contributed by atoms with van der Waals surface area (Å²) in [5, 5.41) is 15.6. The van der Waals surface area contributed by atoms with E-state index in [0.717, 1.165) is 42.2 Å². The highest BCUT2D eigenvalue weighted by Gasteiger charge is 2.43. The fourth-order valence-electron chi connectivity index (χ4n) is 3.90. The number of imidazole rings is 1. The van der Waals surface area contributed by atoms with E-state index < -0.39 is 5.72 Å². The van der Waals surface area contributed by atoms with Gasteiger partial charge in [0.2, 0.25) is 0 Å². The van der Waals surface area contributed by atoms with E-state index in [4.69, 9.17) is 4.74 Å². The number of aromatic nitrogens is 7. The number of anilines is 1. The predicted octanol–water partition coefficient (Wildman–Crippen LogP) is 2.97. The topological polar surface area (TPSA) is 109 Å². The number of piperidine rings is 1. The molecule has 1 atom stereocenters. The number of pyridine rings is 1. The molecule has 0 aliphatic carbocycles. The second-order valence-electron chi connectivity index (χ2n) is 6.96. The fourth-order valence-corrected chi connectivity index (χ4v) is 3.90. The van der Waals surface area contributed by atoms with Crippen molar-refractivity contribution in [2.24, 2.45) is 0 Å². The Morgan fingerprint density at radius 3 is 3.04 bits per heavy atom. The van der Waals surface area contributed by atoms with E-state index in [-0.39, 0.29) is 0 Å². The molecule has 28 heavy (non-hydrogen) atoms. The Morgan fingerprint density at radius 2 is 2.18 bits per heavy atom. The molecule has 142 valence electrons. The number of ether oxygens (including phenoxy) is 1. The van der Waals surface area contributed by atoms with Gasteiger partial charge in [-0.05, 0) is 30.2 Å². The Morgan fingerprint density at radius 1 is 1.25 bits per heavy atom. The average molecular weight is 376 g/mol. The van der Waals surface area contributed by atoms with Crippen LogP contribution in [0.5, 0.6) is 6.01 Å². The van der Waals surface area contributed by atoms with Crippen molar-refractivity contribution >= 4 is 28.0 Å². The van der Waals surface area contributed by atoms with Crippen molar-refractivity contribution in [1.82, 2.24) is 35.6 Å². The zero-order valence-electron chi connectivity index (χ0n) is 15.3. The Hall–Kier alpha value is -3.49. The van der Waals surface area contributed by atoms with Crippen molar-refractivity contribution in [2.75, 3.05) is 11.4 Å². The third-order valence-corrected chi connectivity index (χ3v) is 5.17. The lowest BCUT2D eigenvalue weighted by molar-refractivity contribution is 0.0325. The molecule has 1 unspecified atom stereocenters. The molecule has 0 amide bonds. The van der Waals surface area contributed by atoms with Gasteiger partial charge < -0.3 is 9.72 Å². The van der Waals surface area contributed by atoms with Gasteiger partial charge in [-0.2, -0.15) is 10.2 Å². The third-order valence-electron chi connectivity index (χ3n) is 5.17. The Balaban J connectivity index is 1.55. The van der Waals surface area contributed by atoms with Crippen LogP contribution in [0.4, 0.5) is 5.95 Å². The maximum atomic E-state index is 6.46. The van der Waals surface area contributed by atoms with Crippen molar-refractivity contribution in [3.63, 3.8) is 0 Å². The van der Waals surface area contributed by atoms with Crippen LogP contribution < -0.4 is 9.64 Å². The second kappa shape index (κ2) is 6.59. The minimum Gasteiger partial charge on any atom is -0.438 e. The van der Waals surface area contributed by atoms with Gasteiger partial charge >= 0.3 is 0 Å². The van der Waals surface area contributed by atoms with Crippen LogP contribution in [-0.4, -0.2) is 47.8 Å². The van der Waals surface area contributed by atoms with E-state index in [9.17, 15) is 0 Å². The van der Waals surface area contributed by atoms with Crippen molar-refractivity contribution in [1.29, 1.82) is 0 Å².